The van der Waals surface area contributed by atoms with Crippen LogP contribution in [0.3, 0.4) is 0 Å². The summed E-state index contributed by atoms with van der Waals surface area (Å²) in [5, 5.41) is 3.71. The second-order valence-corrected chi connectivity index (χ2v) is 4.80. The van der Waals surface area contributed by atoms with Gasteiger partial charge in [-0.1, -0.05) is 0 Å². The lowest BCUT2D eigenvalue weighted by Crippen LogP contribution is -2.40. The summed E-state index contributed by atoms with van der Waals surface area (Å²) in [6.45, 7) is 5.68. The number of hydrogen-bond acceptors (Lipinski definition) is 4. The smallest absolute Gasteiger partial charge is 0.224 e. The van der Waals surface area contributed by atoms with E-state index in [1.165, 1.54) is 0 Å². The summed E-state index contributed by atoms with van der Waals surface area (Å²) in [6, 6.07) is 1.91. The van der Waals surface area contributed by atoms with Gasteiger partial charge < -0.3 is 10.1 Å². The Morgan fingerprint density at radius 2 is 2.06 bits per heavy atom. The summed E-state index contributed by atoms with van der Waals surface area (Å²) in [7, 11) is 0. The molecule has 1 aromatic rings. The van der Waals surface area contributed by atoms with Crippen molar-refractivity contribution >= 4 is 17.4 Å². The molecule has 0 radical (unpaired) electrons. The summed E-state index contributed by atoms with van der Waals surface area (Å²) in [4.78, 5) is 8.22. The molecule has 88 valence electrons. The molecule has 1 aliphatic rings. The van der Waals surface area contributed by atoms with Crippen molar-refractivity contribution in [1.82, 2.24) is 9.97 Å². The van der Waals surface area contributed by atoms with E-state index >= 15 is 0 Å². The Kier molecular flexibility index (Phi) is 3.30. The average molecular weight is 242 g/mol. The first-order valence-corrected chi connectivity index (χ1v) is 5.82. The Bertz CT molecular complexity index is 357. The lowest BCUT2D eigenvalue weighted by atomic mass is 9.92. The monoisotopic (exact) mass is 241 g/mol. The number of rotatable bonds is 2. The molecule has 0 saturated carbocycles. The number of anilines is 1. The first kappa shape index (κ1) is 11.6. The topological polar surface area (TPSA) is 47.0 Å². The molecule has 1 N–H and O–H groups in total. The molecule has 1 saturated heterocycles. The Morgan fingerprint density at radius 1 is 1.38 bits per heavy atom. The van der Waals surface area contributed by atoms with Gasteiger partial charge in [0.2, 0.25) is 5.28 Å². The van der Waals surface area contributed by atoms with Crippen LogP contribution in [-0.2, 0) is 4.74 Å². The van der Waals surface area contributed by atoms with Crippen LogP contribution in [-0.4, -0.2) is 28.7 Å². The van der Waals surface area contributed by atoms with Gasteiger partial charge in [-0.25, -0.2) is 9.97 Å². The van der Waals surface area contributed by atoms with E-state index in [2.05, 4.69) is 22.2 Å². The van der Waals surface area contributed by atoms with Crippen LogP contribution in [0.2, 0.25) is 5.28 Å². The van der Waals surface area contributed by atoms with Crippen molar-refractivity contribution in [1.29, 1.82) is 0 Å². The molecule has 0 unspecified atom stereocenters. The van der Waals surface area contributed by atoms with Crippen LogP contribution >= 0.6 is 11.6 Å². The van der Waals surface area contributed by atoms with Gasteiger partial charge in [-0.2, -0.15) is 0 Å². The summed E-state index contributed by atoms with van der Waals surface area (Å²) in [5.74, 6) is 0.793. The zero-order chi connectivity index (χ0) is 11.6. The van der Waals surface area contributed by atoms with Crippen LogP contribution in [0.15, 0.2) is 6.07 Å². The molecule has 1 aromatic heterocycles. The SMILES string of the molecule is Cc1cc(NC2(C)CCOCC2)nc(Cl)n1. The highest BCUT2D eigenvalue weighted by molar-refractivity contribution is 6.28. The lowest BCUT2D eigenvalue weighted by molar-refractivity contribution is 0.0657. The highest BCUT2D eigenvalue weighted by atomic mass is 35.5. The molecule has 2 heterocycles. The van der Waals surface area contributed by atoms with Crippen LogP contribution in [0.1, 0.15) is 25.5 Å². The first-order chi connectivity index (χ1) is 7.57. The van der Waals surface area contributed by atoms with Gasteiger partial charge in [0.25, 0.3) is 0 Å². The van der Waals surface area contributed by atoms with Gasteiger partial charge in [-0.3, -0.25) is 0 Å². The van der Waals surface area contributed by atoms with Crippen LogP contribution in [0.5, 0.6) is 0 Å². The van der Waals surface area contributed by atoms with Crippen molar-refractivity contribution in [3.05, 3.63) is 17.0 Å². The molecule has 1 aliphatic heterocycles. The Balaban J connectivity index is 2.13. The van der Waals surface area contributed by atoms with Crippen molar-refractivity contribution in [2.45, 2.75) is 32.2 Å². The minimum absolute atomic E-state index is 0.0440. The Labute approximate surface area is 100 Å². The molecule has 1 fully saturated rings. The van der Waals surface area contributed by atoms with E-state index in [1.807, 2.05) is 13.0 Å². The molecule has 0 atom stereocenters. The molecule has 0 aliphatic carbocycles. The van der Waals surface area contributed by atoms with Crippen LogP contribution in [0.25, 0.3) is 0 Å². The molecule has 16 heavy (non-hydrogen) atoms. The van der Waals surface area contributed by atoms with Crippen molar-refractivity contribution in [3.8, 4) is 0 Å². The fourth-order valence-electron chi connectivity index (χ4n) is 1.85. The van der Waals surface area contributed by atoms with E-state index in [-0.39, 0.29) is 10.8 Å². The summed E-state index contributed by atoms with van der Waals surface area (Å²) < 4.78 is 5.35. The maximum absolute atomic E-state index is 5.83. The molecular formula is C11H16ClN3O. The second kappa shape index (κ2) is 4.55. The zero-order valence-electron chi connectivity index (χ0n) is 9.59. The molecular weight excluding hydrogens is 226 g/mol. The van der Waals surface area contributed by atoms with Gasteiger partial charge in [0, 0.05) is 30.5 Å². The summed E-state index contributed by atoms with van der Waals surface area (Å²) in [6.07, 6.45) is 1.96. The van der Waals surface area contributed by atoms with Crippen LogP contribution in [0.4, 0.5) is 5.82 Å². The first-order valence-electron chi connectivity index (χ1n) is 5.45. The van der Waals surface area contributed by atoms with E-state index in [0.29, 0.717) is 0 Å². The lowest BCUT2D eigenvalue weighted by Gasteiger charge is -2.34. The number of aryl methyl sites for hydroxylation is 1. The molecule has 0 bridgehead atoms. The Morgan fingerprint density at radius 3 is 2.69 bits per heavy atom. The third kappa shape index (κ3) is 2.83. The Hall–Kier alpha value is -0.870. The molecule has 0 aromatic carbocycles. The highest BCUT2D eigenvalue weighted by Gasteiger charge is 2.27. The second-order valence-electron chi connectivity index (χ2n) is 4.46. The average Bonchev–Trinajstić information content (AvgIpc) is 2.15. The highest BCUT2D eigenvalue weighted by Crippen LogP contribution is 2.25. The van der Waals surface area contributed by atoms with Crippen molar-refractivity contribution in [2.24, 2.45) is 0 Å². The molecule has 5 heteroatoms. The minimum Gasteiger partial charge on any atom is -0.381 e. The van der Waals surface area contributed by atoms with Gasteiger partial charge >= 0.3 is 0 Å². The van der Waals surface area contributed by atoms with Crippen molar-refractivity contribution < 1.29 is 4.74 Å². The van der Waals surface area contributed by atoms with Crippen molar-refractivity contribution in [2.75, 3.05) is 18.5 Å². The van der Waals surface area contributed by atoms with Crippen molar-refractivity contribution in [3.63, 3.8) is 0 Å². The summed E-state index contributed by atoms with van der Waals surface area (Å²) in [5.41, 5.74) is 0.917. The van der Waals surface area contributed by atoms with E-state index < -0.39 is 0 Å². The van der Waals surface area contributed by atoms with E-state index in [4.69, 9.17) is 16.3 Å². The van der Waals surface area contributed by atoms with E-state index in [1.54, 1.807) is 0 Å². The van der Waals surface area contributed by atoms with Gasteiger partial charge in [-0.15, -0.1) is 0 Å². The number of nitrogens with one attached hydrogen (secondary N) is 1. The van der Waals surface area contributed by atoms with E-state index in [0.717, 1.165) is 37.6 Å². The predicted molar refractivity (Wildman–Crippen MR) is 63.9 cm³/mol. The summed E-state index contributed by atoms with van der Waals surface area (Å²) >= 11 is 5.83. The molecule has 0 amide bonds. The number of hydrogen-bond donors (Lipinski definition) is 1. The molecule has 0 spiro atoms. The number of nitrogens with zero attached hydrogens (tertiary/aromatic N) is 2. The third-order valence-corrected chi connectivity index (χ3v) is 3.02. The van der Waals surface area contributed by atoms with E-state index in [9.17, 15) is 0 Å². The third-order valence-electron chi connectivity index (χ3n) is 2.85. The predicted octanol–water partition coefficient (Wildman–Crippen LogP) is 2.42. The zero-order valence-corrected chi connectivity index (χ0v) is 10.3. The molecule has 4 nitrogen and oxygen atoms in total. The van der Waals surface area contributed by atoms with Crippen LogP contribution in [0, 0.1) is 6.92 Å². The maximum Gasteiger partial charge on any atom is 0.224 e. The normalized spacial score (nSPS) is 19.4. The number of ether oxygens (including phenoxy) is 1. The van der Waals surface area contributed by atoms with Gasteiger partial charge in [0.05, 0.1) is 0 Å². The standard InChI is InChI=1S/C11H16ClN3O/c1-8-7-9(14-10(12)13-8)15-11(2)3-5-16-6-4-11/h7H,3-6H2,1-2H3,(H,13,14,15). The van der Waals surface area contributed by atoms with Gasteiger partial charge in [-0.05, 0) is 38.3 Å². The quantitative estimate of drug-likeness (QED) is 0.808. The van der Waals surface area contributed by atoms with Gasteiger partial charge in [0.1, 0.15) is 5.82 Å². The van der Waals surface area contributed by atoms with Gasteiger partial charge in [0.15, 0.2) is 0 Å². The number of halogens is 1. The minimum atomic E-state index is 0.0440. The van der Waals surface area contributed by atoms with Crippen LogP contribution < -0.4 is 5.32 Å². The maximum atomic E-state index is 5.83. The fraction of sp³-hybridized carbons (Fsp3) is 0.636. The number of aromatic nitrogens is 2. The largest absolute Gasteiger partial charge is 0.381 e. The molecule has 2 rings (SSSR count). The fourth-order valence-corrected chi connectivity index (χ4v) is 2.08.